The molecule has 1 aromatic heterocycles. The molecule has 1 N–H and O–H groups in total. The molecule has 1 atom stereocenters. The fraction of sp³-hybridized carbons (Fsp3) is 0.267. The second-order valence-corrected chi connectivity index (χ2v) is 5.77. The first-order valence-electron chi connectivity index (χ1n) is 6.27. The highest BCUT2D eigenvalue weighted by Gasteiger charge is 2.16. The van der Waals surface area contributed by atoms with Crippen molar-refractivity contribution >= 4 is 28.9 Å². The molecule has 0 fully saturated rings. The number of benzene rings is 1. The summed E-state index contributed by atoms with van der Waals surface area (Å²) in [5.41, 5.74) is 1.13. The molecule has 1 heterocycles. The quantitative estimate of drug-likeness (QED) is 0.825. The van der Waals surface area contributed by atoms with Crippen LogP contribution in [0.15, 0.2) is 41.8 Å². The first-order chi connectivity index (χ1) is 9.69. The Morgan fingerprint density at radius 1 is 1.35 bits per heavy atom. The van der Waals surface area contributed by atoms with Crippen LogP contribution in [0.2, 0.25) is 5.02 Å². The van der Waals surface area contributed by atoms with Gasteiger partial charge >= 0.3 is 5.97 Å². The van der Waals surface area contributed by atoms with Crippen LogP contribution in [-0.4, -0.2) is 13.1 Å². The third-order valence-corrected chi connectivity index (χ3v) is 4.19. The zero-order valence-electron chi connectivity index (χ0n) is 11.1. The summed E-state index contributed by atoms with van der Waals surface area (Å²) < 4.78 is 4.75. The average Bonchev–Trinajstić information content (AvgIpc) is 2.99. The number of carbonyl (C=O) groups excluding carboxylic acids is 1. The van der Waals surface area contributed by atoms with E-state index in [1.807, 2.05) is 41.8 Å². The van der Waals surface area contributed by atoms with Gasteiger partial charge in [-0.25, -0.2) is 0 Å². The molecule has 0 saturated heterocycles. The Bertz CT molecular complexity index is 540. The van der Waals surface area contributed by atoms with Gasteiger partial charge in [-0.3, -0.25) is 4.79 Å². The summed E-state index contributed by atoms with van der Waals surface area (Å²) in [5.74, 6) is -0.216. The first-order valence-corrected chi connectivity index (χ1v) is 7.53. The van der Waals surface area contributed by atoms with Gasteiger partial charge in [-0.05, 0) is 29.1 Å². The molecule has 0 aliphatic heterocycles. The fourth-order valence-corrected chi connectivity index (χ4v) is 2.78. The predicted molar refractivity (Wildman–Crippen MR) is 82.0 cm³/mol. The summed E-state index contributed by atoms with van der Waals surface area (Å²) >= 11 is 7.49. The summed E-state index contributed by atoms with van der Waals surface area (Å²) in [6.07, 6.45) is 0.324. The highest BCUT2D eigenvalue weighted by atomic mass is 35.5. The Balaban J connectivity index is 2.00. The lowest BCUT2D eigenvalue weighted by molar-refractivity contribution is -0.141. The van der Waals surface area contributed by atoms with Crippen LogP contribution in [0.3, 0.4) is 0 Å². The number of hydrogen-bond donors (Lipinski definition) is 1. The maximum absolute atomic E-state index is 11.5. The van der Waals surface area contributed by atoms with Crippen molar-refractivity contribution in [1.29, 1.82) is 0 Å². The standard InChI is InChI=1S/C15H16ClNO2S/c1-19-15(18)9-13(14-3-2-8-20-14)17-10-11-4-6-12(16)7-5-11/h2-8,13,17H,9-10H2,1H3. The molecular formula is C15H16ClNO2S. The van der Waals surface area contributed by atoms with E-state index in [1.165, 1.54) is 7.11 Å². The van der Waals surface area contributed by atoms with Crippen LogP contribution >= 0.6 is 22.9 Å². The first kappa shape index (κ1) is 15.0. The van der Waals surface area contributed by atoms with E-state index in [0.29, 0.717) is 13.0 Å². The Morgan fingerprint density at radius 3 is 2.70 bits per heavy atom. The van der Waals surface area contributed by atoms with Crippen LogP contribution in [0, 0.1) is 0 Å². The van der Waals surface area contributed by atoms with Crippen LogP contribution in [0.25, 0.3) is 0 Å². The molecular weight excluding hydrogens is 294 g/mol. The number of hydrogen-bond acceptors (Lipinski definition) is 4. The Hall–Kier alpha value is -1.36. The maximum Gasteiger partial charge on any atom is 0.307 e. The summed E-state index contributed by atoms with van der Waals surface area (Å²) in [5, 5.41) is 6.11. The summed E-state index contributed by atoms with van der Waals surface area (Å²) in [6, 6.07) is 11.6. The van der Waals surface area contributed by atoms with Crippen molar-refractivity contribution in [1.82, 2.24) is 5.32 Å². The Labute approximate surface area is 127 Å². The van der Waals surface area contributed by atoms with Crippen molar-refractivity contribution in [3.05, 3.63) is 57.2 Å². The van der Waals surface area contributed by atoms with Crippen molar-refractivity contribution in [2.45, 2.75) is 19.0 Å². The van der Waals surface area contributed by atoms with E-state index in [0.717, 1.165) is 15.5 Å². The number of thiophene rings is 1. The third kappa shape index (κ3) is 4.34. The van der Waals surface area contributed by atoms with E-state index in [-0.39, 0.29) is 12.0 Å². The lowest BCUT2D eigenvalue weighted by Crippen LogP contribution is -2.23. The molecule has 1 aromatic carbocycles. The molecule has 1 unspecified atom stereocenters. The Kier molecular flexibility index (Phi) is 5.59. The highest BCUT2D eigenvalue weighted by molar-refractivity contribution is 7.10. The van der Waals surface area contributed by atoms with E-state index in [2.05, 4.69) is 5.32 Å². The van der Waals surface area contributed by atoms with Gasteiger partial charge in [0, 0.05) is 16.4 Å². The number of methoxy groups -OCH3 is 1. The number of nitrogens with one attached hydrogen (secondary N) is 1. The maximum atomic E-state index is 11.5. The molecule has 0 spiro atoms. The van der Waals surface area contributed by atoms with Gasteiger partial charge in [-0.15, -0.1) is 11.3 Å². The predicted octanol–water partition coefficient (Wildman–Crippen LogP) is 3.80. The number of rotatable bonds is 6. The lowest BCUT2D eigenvalue weighted by atomic mass is 10.1. The highest BCUT2D eigenvalue weighted by Crippen LogP contribution is 2.23. The van der Waals surface area contributed by atoms with Crippen molar-refractivity contribution in [2.75, 3.05) is 7.11 Å². The normalized spacial score (nSPS) is 12.1. The van der Waals surface area contributed by atoms with Crippen LogP contribution in [-0.2, 0) is 16.1 Å². The van der Waals surface area contributed by atoms with E-state index >= 15 is 0 Å². The number of esters is 1. The zero-order valence-corrected chi connectivity index (χ0v) is 12.7. The zero-order chi connectivity index (χ0) is 14.4. The third-order valence-electron chi connectivity index (χ3n) is 2.95. The van der Waals surface area contributed by atoms with Gasteiger partial charge in [0.25, 0.3) is 0 Å². The van der Waals surface area contributed by atoms with Gasteiger partial charge in [0.2, 0.25) is 0 Å². The minimum Gasteiger partial charge on any atom is -0.469 e. The van der Waals surface area contributed by atoms with Gasteiger partial charge in [-0.2, -0.15) is 0 Å². The van der Waals surface area contributed by atoms with Crippen LogP contribution in [0.4, 0.5) is 0 Å². The topological polar surface area (TPSA) is 38.3 Å². The van der Waals surface area contributed by atoms with Gasteiger partial charge in [0.1, 0.15) is 0 Å². The summed E-state index contributed by atoms with van der Waals surface area (Å²) in [6.45, 7) is 0.677. The van der Waals surface area contributed by atoms with Gasteiger partial charge < -0.3 is 10.1 Å². The van der Waals surface area contributed by atoms with Crippen molar-refractivity contribution in [3.8, 4) is 0 Å². The molecule has 0 saturated carbocycles. The van der Waals surface area contributed by atoms with E-state index < -0.39 is 0 Å². The number of ether oxygens (including phenoxy) is 1. The molecule has 5 heteroatoms. The Morgan fingerprint density at radius 2 is 2.10 bits per heavy atom. The second kappa shape index (κ2) is 7.43. The smallest absolute Gasteiger partial charge is 0.307 e. The van der Waals surface area contributed by atoms with E-state index in [1.54, 1.807) is 11.3 Å². The largest absolute Gasteiger partial charge is 0.469 e. The lowest BCUT2D eigenvalue weighted by Gasteiger charge is -2.16. The molecule has 2 rings (SSSR count). The molecule has 0 aliphatic rings. The second-order valence-electron chi connectivity index (χ2n) is 4.36. The summed E-state index contributed by atoms with van der Waals surface area (Å²) in [4.78, 5) is 12.6. The van der Waals surface area contributed by atoms with Crippen LogP contribution in [0.5, 0.6) is 0 Å². The molecule has 0 aliphatic carbocycles. The fourth-order valence-electron chi connectivity index (χ4n) is 1.86. The minimum absolute atomic E-state index is 0.0295. The van der Waals surface area contributed by atoms with Gasteiger partial charge in [0.15, 0.2) is 0 Å². The molecule has 3 nitrogen and oxygen atoms in total. The monoisotopic (exact) mass is 309 g/mol. The van der Waals surface area contributed by atoms with Crippen LogP contribution < -0.4 is 5.32 Å². The van der Waals surface area contributed by atoms with E-state index in [9.17, 15) is 4.79 Å². The number of halogens is 1. The molecule has 2 aromatic rings. The molecule has 20 heavy (non-hydrogen) atoms. The van der Waals surface area contributed by atoms with Crippen molar-refractivity contribution in [3.63, 3.8) is 0 Å². The van der Waals surface area contributed by atoms with Crippen molar-refractivity contribution < 1.29 is 9.53 Å². The minimum atomic E-state index is -0.216. The van der Waals surface area contributed by atoms with E-state index in [4.69, 9.17) is 16.3 Å². The van der Waals surface area contributed by atoms with Crippen molar-refractivity contribution in [2.24, 2.45) is 0 Å². The van der Waals surface area contributed by atoms with Gasteiger partial charge in [-0.1, -0.05) is 29.8 Å². The molecule has 0 bridgehead atoms. The average molecular weight is 310 g/mol. The van der Waals surface area contributed by atoms with Crippen LogP contribution in [0.1, 0.15) is 22.9 Å². The molecule has 0 amide bonds. The SMILES string of the molecule is COC(=O)CC(NCc1ccc(Cl)cc1)c1cccs1. The summed E-state index contributed by atoms with van der Waals surface area (Å²) in [7, 11) is 1.41. The molecule has 106 valence electrons. The number of carbonyl (C=O) groups is 1. The van der Waals surface area contributed by atoms with Gasteiger partial charge in [0.05, 0.1) is 19.6 Å². The molecule has 0 radical (unpaired) electrons.